The summed E-state index contributed by atoms with van der Waals surface area (Å²) in [6.07, 6.45) is 6.25. The van der Waals surface area contributed by atoms with Crippen LogP contribution in [0.2, 0.25) is 5.02 Å². The second kappa shape index (κ2) is 13.3. The summed E-state index contributed by atoms with van der Waals surface area (Å²) in [7, 11) is 0. The molecule has 196 valence electrons. The Morgan fingerprint density at radius 2 is 1.76 bits per heavy atom. The number of carbonyl (C=O) groups excluding carboxylic acids is 1. The van der Waals surface area contributed by atoms with E-state index in [9.17, 15) is 9.18 Å². The quantitative estimate of drug-likeness (QED) is 0.333. The van der Waals surface area contributed by atoms with E-state index in [-0.39, 0.29) is 27.3 Å². The number of aryl methyl sites for hydroxylation is 2. The van der Waals surface area contributed by atoms with E-state index in [1.165, 1.54) is 12.1 Å². The number of amides is 1. The zero-order chi connectivity index (χ0) is 27.8. The van der Waals surface area contributed by atoms with E-state index in [2.05, 4.69) is 9.97 Å². The van der Waals surface area contributed by atoms with Gasteiger partial charge in [-0.1, -0.05) is 51.4 Å². The lowest BCUT2D eigenvalue weighted by atomic mass is 10.0. The average molecular weight is 542 g/mol. The van der Waals surface area contributed by atoms with Crippen LogP contribution in [0, 0.1) is 17.1 Å². The Morgan fingerprint density at radius 1 is 1.11 bits per heavy atom. The highest BCUT2D eigenvalue weighted by Gasteiger charge is 2.51. The van der Waals surface area contributed by atoms with Crippen LogP contribution in [-0.2, 0) is 17.6 Å². The first kappa shape index (κ1) is 29.9. The van der Waals surface area contributed by atoms with Crippen molar-refractivity contribution in [2.75, 3.05) is 9.80 Å². The van der Waals surface area contributed by atoms with Gasteiger partial charge in [-0.25, -0.2) is 9.37 Å². The van der Waals surface area contributed by atoms with Crippen molar-refractivity contribution >= 4 is 46.2 Å². The number of hydrogen-bond acceptors (Lipinski definition) is 4. The molecular formula is C28H33ClFN5OS. The second-order valence-electron chi connectivity index (χ2n) is 8.25. The molecule has 1 aliphatic rings. The highest BCUT2D eigenvalue weighted by molar-refractivity contribution is 7.81. The monoisotopic (exact) mass is 541 g/mol. The van der Waals surface area contributed by atoms with E-state index in [0.717, 1.165) is 41.2 Å². The van der Waals surface area contributed by atoms with Crippen molar-refractivity contribution in [1.82, 2.24) is 9.97 Å². The van der Waals surface area contributed by atoms with Crippen molar-refractivity contribution < 1.29 is 9.18 Å². The van der Waals surface area contributed by atoms with Crippen LogP contribution in [0.3, 0.4) is 0 Å². The summed E-state index contributed by atoms with van der Waals surface area (Å²) in [5.74, 6) is -0.268. The van der Waals surface area contributed by atoms with Crippen molar-refractivity contribution in [2.45, 2.75) is 66.3 Å². The molecule has 37 heavy (non-hydrogen) atoms. The molecule has 0 atom stereocenters. The predicted molar refractivity (Wildman–Crippen MR) is 153 cm³/mol. The Bertz CT molecular complexity index is 1250. The topological polar surface area (TPSA) is 76.0 Å². The first-order valence-corrected chi connectivity index (χ1v) is 13.2. The Hall–Kier alpha value is -3.28. The summed E-state index contributed by atoms with van der Waals surface area (Å²) in [4.78, 5) is 23.5. The number of benzene rings is 2. The number of nitrogens with one attached hydrogen (secondary N) is 1. The molecule has 9 heteroatoms. The lowest BCUT2D eigenvalue weighted by Gasteiger charge is -2.29. The number of aromatic nitrogens is 2. The maximum atomic E-state index is 14.9. The second-order valence-corrected chi connectivity index (χ2v) is 8.99. The summed E-state index contributed by atoms with van der Waals surface area (Å²) in [5, 5.41) is 8.90. The van der Waals surface area contributed by atoms with Crippen LogP contribution in [0.4, 0.5) is 15.8 Å². The molecule has 1 aromatic heterocycles. The van der Waals surface area contributed by atoms with Crippen molar-refractivity contribution in [2.24, 2.45) is 0 Å². The van der Waals surface area contributed by atoms with Gasteiger partial charge in [0.15, 0.2) is 10.9 Å². The van der Waals surface area contributed by atoms with Crippen LogP contribution < -0.4 is 9.80 Å². The minimum atomic E-state index is -1.04. The smallest absolute Gasteiger partial charge is 0.259 e. The molecule has 6 nitrogen and oxygen atoms in total. The van der Waals surface area contributed by atoms with E-state index in [0.29, 0.717) is 0 Å². The molecule has 2 aromatic carbocycles. The van der Waals surface area contributed by atoms with E-state index >= 15 is 0 Å². The number of halogens is 2. The third-order valence-electron chi connectivity index (χ3n) is 5.72. The minimum Gasteiger partial charge on any atom is -0.349 e. The van der Waals surface area contributed by atoms with Crippen LogP contribution in [-0.4, -0.2) is 26.5 Å². The normalized spacial score (nSPS) is 13.9. The summed E-state index contributed by atoms with van der Waals surface area (Å²) in [6, 6.07) is 12.4. The van der Waals surface area contributed by atoms with Crippen LogP contribution in [0.15, 0.2) is 48.8 Å². The van der Waals surface area contributed by atoms with E-state index in [1.54, 1.807) is 24.9 Å². The number of rotatable bonds is 6. The van der Waals surface area contributed by atoms with Gasteiger partial charge in [-0.05, 0) is 68.7 Å². The van der Waals surface area contributed by atoms with Gasteiger partial charge in [0.2, 0.25) is 0 Å². The Kier molecular flexibility index (Phi) is 10.8. The maximum Gasteiger partial charge on any atom is 0.259 e. The van der Waals surface area contributed by atoms with E-state index < -0.39 is 11.4 Å². The Balaban J connectivity index is 0.00000115. The van der Waals surface area contributed by atoms with Gasteiger partial charge < -0.3 is 9.88 Å². The number of hydrogen-bond donors (Lipinski definition) is 1. The fourth-order valence-corrected chi connectivity index (χ4v) is 4.66. The van der Waals surface area contributed by atoms with Crippen molar-refractivity contribution in [3.8, 4) is 6.07 Å². The average Bonchev–Trinajstić information content (AvgIpc) is 3.49. The lowest BCUT2D eigenvalue weighted by Crippen LogP contribution is -2.44. The molecule has 0 radical (unpaired) electrons. The number of carbonyl (C=O) groups is 1. The molecule has 4 rings (SSSR count). The third kappa shape index (κ3) is 6.17. The number of nitriles is 1. The molecule has 2 heterocycles. The van der Waals surface area contributed by atoms with Crippen molar-refractivity contribution in [3.05, 3.63) is 76.6 Å². The number of aromatic amines is 1. The molecule has 1 amide bonds. The van der Waals surface area contributed by atoms with Crippen molar-refractivity contribution in [3.63, 3.8) is 0 Å². The highest BCUT2D eigenvalue weighted by atomic mass is 35.5. The van der Waals surface area contributed by atoms with Gasteiger partial charge >= 0.3 is 0 Å². The minimum absolute atomic E-state index is 0.00534. The fraction of sp³-hybridized carbons (Fsp3) is 0.357. The first-order valence-electron chi connectivity index (χ1n) is 12.4. The zero-order valence-electron chi connectivity index (χ0n) is 22.1. The number of nitrogens with zero attached hydrogens (tertiary/aromatic N) is 4. The Labute approximate surface area is 229 Å². The summed E-state index contributed by atoms with van der Waals surface area (Å²) in [6.45, 7) is 11.5. The summed E-state index contributed by atoms with van der Waals surface area (Å²) >= 11 is 11.6. The first-order chi connectivity index (χ1) is 17.8. The SMILES string of the molecule is CC.CC.CC1(C)C(=O)N(c2ccc(C#N)c(Cl)c2F)C(=S)N1c1ccc(CCCc2ncc[nH]2)cc1. The van der Waals surface area contributed by atoms with E-state index in [4.69, 9.17) is 29.1 Å². The molecule has 1 N–H and O–H groups in total. The number of H-pyrrole nitrogens is 1. The maximum absolute atomic E-state index is 14.9. The Morgan fingerprint density at radius 3 is 2.32 bits per heavy atom. The molecule has 0 aliphatic carbocycles. The van der Waals surface area contributed by atoms with Gasteiger partial charge in [0, 0.05) is 24.5 Å². The zero-order valence-corrected chi connectivity index (χ0v) is 23.7. The van der Waals surface area contributed by atoms with Gasteiger partial charge in [0.1, 0.15) is 17.4 Å². The van der Waals surface area contributed by atoms with Gasteiger partial charge in [-0.2, -0.15) is 5.26 Å². The molecule has 1 fully saturated rings. The van der Waals surface area contributed by atoms with Gasteiger partial charge in [-0.15, -0.1) is 0 Å². The van der Waals surface area contributed by atoms with E-state index in [1.807, 2.05) is 64.2 Å². The highest BCUT2D eigenvalue weighted by Crippen LogP contribution is 2.39. The van der Waals surface area contributed by atoms with Crippen LogP contribution >= 0.6 is 23.8 Å². The van der Waals surface area contributed by atoms with Crippen LogP contribution in [0.5, 0.6) is 0 Å². The molecule has 0 bridgehead atoms. The molecule has 0 unspecified atom stereocenters. The third-order valence-corrected chi connectivity index (χ3v) is 6.45. The fourth-order valence-electron chi connectivity index (χ4n) is 3.95. The summed E-state index contributed by atoms with van der Waals surface area (Å²) < 4.78 is 14.9. The predicted octanol–water partition coefficient (Wildman–Crippen LogP) is 7.22. The van der Waals surface area contributed by atoms with Gasteiger partial charge in [0.25, 0.3) is 5.91 Å². The number of anilines is 2. The van der Waals surface area contributed by atoms with Crippen molar-refractivity contribution in [1.29, 1.82) is 5.26 Å². The lowest BCUT2D eigenvalue weighted by molar-refractivity contribution is -0.120. The van der Waals surface area contributed by atoms with Gasteiger partial charge in [0.05, 0.1) is 16.3 Å². The number of imidazole rings is 1. The molecule has 1 saturated heterocycles. The number of thiocarbonyl (C=S) groups is 1. The summed E-state index contributed by atoms with van der Waals surface area (Å²) in [5.41, 5.74) is 0.774. The standard InChI is InChI=1S/C24H21ClFN5OS.2C2H6/c1-24(2)22(32)30(18-11-8-16(14-27)20(25)21(18)26)23(33)31(24)17-9-6-15(7-10-17)4-3-5-19-28-12-13-29-19;2*1-2/h6-13H,3-5H2,1-2H3,(H,28,29);2*1-2H3. The molecule has 1 aliphatic heterocycles. The van der Waals surface area contributed by atoms with Gasteiger partial charge in [-0.3, -0.25) is 9.69 Å². The largest absolute Gasteiger partial charge is 0.349 e. The molecule has 3 aromatic rings. The van der Waals surface area contributed by atoms with Crippen LogP contribution in [0.25, 0.3) is 0 Å². The molecule has 0 saturated carbocycles. The van der Waals surface area contributed by atoms with Crippen LogP contribution in [0.1, 0.15) is 64.9 Å². The molecule has 0 spiro atoms. The molecular weight excluding hydrogens is 509 g/mol.